The quantitative estimate of drug-likeness (QED) is 0.168. The second-order valence-corrected chi connectivity index (χ2v) is 16.5. The lowest BCUT2D eigenvalue weighted by atomic mass is 9.96. The summed E-state index contributed by atoms with van der Waals surface area (Å²) in [6.45, 7) is 0. The Balaban J connectivity index is 1.10. The Morgan fingerprint density at radius 2 is 1.03 bits per heavy atom. The molecule has 0 atom stereocenters. The molecule has 9 aromatic carbocycles. The van der Waals surface area contributed by atoms with Gasteiger partial charge in [-0.05, 0) is 81.6 Å². The number of para-hydroxylation sites is 2. The molecule has 0 saturated carbocycles. The van der Waals surface area contributed by atoms with Crippen molar-refractivity contribution in [3.8, 4) is 50.7 Å². The fraction of sp³-hybridized carbons (Fsp3) is 0. The molecule has 2 aromatic heterocycles. The molecule has 0 unspecified atom stereocenters. The molecule has 0 amide bonds. The van der Waals surface area contributed by atoms with Crippen molar-refractivity contribution in [1.29, 1.82) is 0 Å². The third kappa shape index (κ3) is 6.01. The molecule has 1 aliphatic rings. The highest BCUT2D eigenvalue weighted by Gasteiger charge is 2.26. The van der Waals surface area contributed by atoms with Gasteiger partial charge in [0, 0.05) is 43.4 Å². The predicted octanol–water partition coefficient (Wildman–Crippen LogP) is 15.3. The largest absolute Gasteiger partial charge is 0.308 e. The van der Waals surface area contributed by atoms with Gasteiger partial charge < -0.3 is 4.90 Å². The van der Waals surface area contributed by atoms with E-state index in [1.165, 1.54) is 53.8 Å². The molecule has 11 aromatic rings. The first-order valence-electron chi connectivity index (χ1n) is 20.6. The number of anilines is 3. The van der Waals surface area contributed by atoms with Crippen LogP contribution in [0.15, 0.2) is 228 Å². The molecule has 12 rings (SSSR count). The molecule has 0 spiro atoms. The lowest BCUT2D eigenvalue weighted by Gasteiger charge is -2.33. The Morgan fingerprint density at radius 3 is 1.85 bits per heavy atom. The summed E-state index contributed by atoms with van der Waals surface area (Å²) < 4.78 is 2.34. The van der Waals surface area contributed by atoms with Gasteiger partial charge in [-0.2, -0.15) is 0 Å². The van der Waals surface area contributed by atoms with Crippen LogP contribution < -0.4 is 4.90 Å². The average Bonchev–Trinajstić information content (AvgIpc) is 3.69. The van der Waals surface area contributed by atoms with Gasteiger partial charge in [-0.25, -0.2) is 9.97 Å². The fourth-order valence-electron chi connectivity index (χ4n) is 8.97. The van der Waals surface area contributed by atoms with Crippen LogP contribution >= 0.6 is 11.8 Å². The van der Waals surface area contributed by atoms with Crippen LogP contribution in [-0.2, 0) is 0 Å². The highest BCUT2D eigenvalue weighted by atomic mass is 32.2. The van der Waals surface area contributed by atoms with E-state index in [0.29, 0.717) is 5.82 Å². The van der Waals surface area contributed by atoms with Gasteiger partial charge in [-0.1, -0.05) is 176 Å². The molecule has 0 aliphatic carbocycles. The number of hydrogen-bond donors (Lipinski definition) is 0. The molecule has 5 heteroatoms. The fourth-order valence-corrected chi connectivity index (χ4v) is 10.0. The molecule has 0 radical (unpaired) electrons. The summed E-state index contributed by atoms with van der Waals surface area (Å²) in [4.78, 5) is 15.5. The normalized spacial score (nSPS) is 12.2. The average molecular weight is 797 g/mol. The van der Waals surface area contributed by atoms with Gasteiger partial charge in [0.15, 0.2) is 5.82 Å². The summed E-state index contributed by atoms with van der Waals surface area (Å²) >= 11 is 1.83. The second-order valence-electron chi connectivity index (χ2n) is 15.4. The lowest BCUT2D eigenvalue weighted by Crippen LogP contribution is -2.14. The third-order valence-electron chi connectivity index (χ3n) is 11.8. The van der Waals surface area contributed by atoms with Gasteiger partial charge in [-0.3, -0.25) is 4.57 Å². The second kappa shape index (κ2) is 14.5. The van der Waals surface area contributed by atoms with Crippen molar-refractivity contribution in [2.24, 2.45) is 0 Å². The van der Waals surface area contributed by atoms with Gasteiger partial charge >= 0.3 is 0 Å². The monoisotopic (exact) mass is 796 g/mol. The van der Waals surface area contributed by atoms with Crippen molar-refractivity contribution in [3.63, 3.8) is 0 Å². The topological polar surface area (TPSA) is 34.0 Å². The first-order valence-corrected chi connectivity index (χ1v) is 21.4. The van der Waals surface area contributed by atoms with E-state index in [-0.39, 0.29) is 0 Å². The summed E-state index contributed by atoms with van der Waals surface area (Å²) in [6, 6.07) is 78.0. The SMILES string of the molecule is c1ccc(-c2ccc(-c3nc(-c4ccccc4)cc(-n4c5cccc(-c6ccc7c(c6)N(c6ccccc6)c6ccccc6S7)c5c5c6ccccc6ccc54)n3)cc2)cc1. The van der Waals surface area contributed by atoms with E-state index in [0.717, 1.165) is 50.5 Å². The van der Waals surface area contributed by atoms with Crippen molar-refractivity contribution < 1.29 is 0 Å². The van der Waals surface area contributed by atoms with Gasteiger partial charge in [-0.15, -0.1) is 0 Å². The zero-order valence-electron chi connectivity index (χ0n) is 33.0. The summed E-state index contributed by atoms with van der Waals surface area (Å²) in [5, 5.41) is 4.80. The van der Waals surface area contributed by atoms with E-state index in [9.17, 15) is 0 Å². The zero-order chi connectivity index (χ0) is 40.3. The van der Waals surface area contributed by atoms with Crippen LogP contribution in [0.3, 0.4) is 0 Å². The van der Waals surface area contributed by atoms with E-state index >= 15 is 0 Å². The number of aromatic nitrogens is 3. The molecule has 0 fully saturated rings. The van der Waals surface area contributed by atoms with Crippen molar-refractivity contribution in [3.05, 3.63) is 218 Å². The van der Waals surface area contributed by atoms with Crippen LogP contribution in [0.4, 0.5) is 17.1 Å². The van der Waals surface area contributed by atoms with Crippen molar-refractivity contribution in [2.45, 2.75) is 9.79 Å². The Hall–Kier alpha value is -7.73. The number of rotatable bonds is 6. The molecular formula is C56H36N4S. The number of hydrogen-bond acceptors (Lipinski definition) is 4. The number of fused-ring (bicyclic) bond motifs is 7. The molecule has 0 saturated heterocycles. The minimum atomic E-state index is 0.677. The lowest BCUT2D eigenvalue weighted by molar-refractivity contribution is 1.05. The van der Waals surface area contributed by atoms with Crippen LogP contribution in [0.2, 0.25) is 0 Å². The Bertz CT molecular complexity index is 3430. The van der Waals surface area contributed by atoms with E-state index in [1.807, 2.05) is 23.9 Å². The summed E-state index contributed by atoms with van der Waals surface area (Å²) in [5.41, 5.74) is 13.2. The van der Waals surface area contributed by atoms with Gasteiger partial charge in [0.05, 0.1) is 28.1 Å². The van der Waals surface area contributed by atoms with Gasteiger partial charge in [0.1, 0.15) is 5.82 Å². The molecule has 286 valence electrons. The van der Waals surface area contributed by atoms with Crippen molar-refractivity contribution in [1.82, 2.24) is 14.5 Å². The maximum Gasteiger partial charge on any atom is 0.162 e. The minimum Gasteiger partial charge on any atom is -0.308 e. The zero-order valence-corrected chi connectivity index (χ0v) is 33.8. The Kier molecular flexibility index (Phi) is 8.39. The van der Waals surface area contributed by atoms with Crippen LogP contribution in [0, 0.1) is 0 Å². The number of nitrogens with zero attached hydrogens (tertiary/aromatic N) is 4. The molecular weight excluding hydrogens is 761 g/mol. The Morgan fingerprint density at radius 1 is 0.393 bits per heavy atom. The van der Waals surface area contributed by atoms with Crippen LogP contribution in [0.5, 0.6) is 0 Å². The highest BCUT2D eigenvalue weighted by molar-refractivity contribution is 7.99. The Labute approximate surface area is 358 Å². The van der Waals surface area contributed by atoms with E-state index in [2.05, 4.69) is 216 Å². The highest BCUT2D eigenvalue weighted by Crippen LogP contribution is 2.53. The molecule has 3 heterocycles. The summed E-state index contributed by atoms with van der Waals surface area (Å²) in [5.74, 6) is 1.49. The van der Waals surface area contributed by atoms with E-state index in [1.54, 1.807) is 0 Å². The van der Waals surface area contributed by atoms with Gasteiger partial charge in [0.25, 0.3) is 0 Å². The summed E-state index contributed by atoms with van der Waals surface area (Å²) in [6.07, 6.45) is 0. The van der Waals surface area contributed by atoms with E-state index in [4.69, 9.17) is 9.97 Å². The molecule has 1 aliphatic heterocycles. The molecule has 4 nitrogen and oxygen atoms in total. The van der Waals surface area contributed by atoms with Crippen molar-refractivity contribution >= 4 is 61.4 Å². The predicted molar refractivity (Wildman–Crippen MR) is 254 cm³/mol. The first-order chi connectivity index (χ1) is 30.2. The standard InChI is InChI=1S/C56H36N4S/c1-4-15-37(16-5-1)38-27-29-41(30-28-38)56-57-46(40-18-6-2-7-19-40)36-53(58-56)60-48-25-14-23-45(55(48)54-44-22-11-10-17-39(44)31-33-49(54)60)42-32-34-52-50(35-42)59(43-20-8-3-9-21-43)47-24-12-13-26-51(47)61-52/h1-36H. The maximum absolute atomic E-state index is 5.42. The van der Waals surface area contributed by atoms with Gasteiger partial charge in [0.2, 0.25) is 0 Å². The molecule has 61 heavy (non-hydrogen) atoms. The number of benzene rings is 9. The van der Waals surface area contributed by atoms with Crippen molar-refractivity contribution in [2.75, 3.05) is 4.90 Å². The van der Waals surface area contributed by atoms with Crippen LogP contribution in [0.25, 0.3) is 83.3 Å². The van der Waals surface area contributed by atoms with Crippen LogP contribution in [-0.4, -0.2) is 14.5 Å². The van der Waals surface area contributed by atoms with Crippen LogP contribution in [0.1, 0.15) is 0 Å². The smallest absolute Gasteiger partial charge is 0.162 e. The summed E-state index contributed by atoms with van der Waals surface area (Å²) in [7, 11) is 0. The minimum absolute atomic E-state index is 0.677. The first kappa shape index (κ1) is 35.2. The maximum atomic E-state index is 5.42. The van der Waals surface area contributed by atoms with E-state index < -0.39 is 0 Å². The third-order valence-corrected chi connectivity index (χ3v) is 12.9. The molecule has 0 N–H and O–H groups in total. The molecule has 0 bridgehead atoms.